The summed E-state index contributed by atoms with van der Waals surface area (Å²) in [7, 11) is -5.32. The number of fused-ring (bicyclic) bond motifs is 7. The molecule has 0 bridgehead atoms. The van der Waals surface area contributed by atoms with Gasteiger partial charge in [0.05, 0.1) is 32.0 Å². The summed E-state index contributed by atoms with van der Waals surface area (Å²) in [5.74, 6) is -1.20. The van der Waals surface area contributed by atoms with Crippen LogP contribution in [0.4, 0.5) is 0 Å². The lowest BCUT2D eigenvalue weighted by Crippen LogP contribution is -2.68. The normalized spacial score (nSPS) is 51.7. The molecule has 7 fully saturated rings. The predicted octanol–water partition coefficient (Wildman–Crippen LogP) is -1.63. The highest BCUT2D eigenvalue weighted by molar-refractivity contribution is 7.81. The molecule has 3 aliphatic heterocycles. The van der Waals surface area contributed by atoms with Crippen LogP contribution in [-0.2, 0) is 47.2 Å². The van der Waals surface area contributed by atoms with Crippen molar-refractivity contribution >= 4 is 16.4 Å². The molecule has 0 radical (unpaired) electrons. The molecule has 0 spiro atoms. The van der Waals surface area contributed by atoms with Gasteiger partial charge in [0.1, 0.15) is 72.6 Å². The van der Waals surface area contributed by atoms with Crippen LogP contribution in [0, 0.1) is 50.2 Å². The molecule has 8 rings (SSSR count). The van der Waals surface area contributed by atoms with Crippen LogP contribution in [0.2, 0.25) is 0 Å². The number of carbonyl (C=O) groups is 1. The van der Waals surface area contributed by atoms with E-state index in [9.17, 15) is 74.5 Å². The molecule has 9 unspecified atom stereocenters. The second kappa shape index (κ2) is 19.5. The quantitative estimate of drug-likeness (QED) is 0.0628. The van der Waals surface area contributed by atoms with Crippen molar-refractivity contribution in [1.29, 1.82) is 0 Å². The Hall–Kier alpha value is -1.56. The van der Waals surface area contributed by atoms with Crippen molar-refractivity contribution < 1.29 is 107 Å². The first-order valence-electron chi connectivity index (χ1n) is 25.1. The Kier molecular flexibility index (Phi) is 15.3. The lowest BCUT2D eigenvalue weighted by Gasteiger charge is -2.71. The summed E-state index contributed by atoms with van der Waals surface area (Å²) in [6, 6.07) is 0. The van der Waals surface area contributed by atoms with Gasteiger partial charge in [-0.15, -0.1) is 0 Å². The first-order chi connectivity index (χ1) is 33.0. The number of aliphatic hydroxyl groups is 12. The van der Waals surface area contributed by atoms with Crippen LogP contribution < -0.4 is 0 Å². The topological polar surface area (TPSA) is 359 Å². The van der Waals surface area contributed by atoms with Crippen molar-refractivity contribution in [1.82, 2.24) is 0 Å². The summed E-state index contributed by atoms with van der Waals surface area (Å²) < 4.78 is 66.3. The fraction of sp³-hybridized carbons (Fsp3) is 0.938. The third-order valence-electron chi connectivity index (χ3n) is 19.5. The molecule has 3 saturated heterocycles. The summed E-state index contributed by atoms with van der Waals surface area (Å²) in [5, 5.41) is 127. The zero-order chi connectivity index (χ0) is 52.3. The van der Waals surface area contributed by atoms with E-state index in [0.29, 0.717) is 44.9 Å². The molecular weight excluding hydrogens is 961 g/mol. The molecule has 408 valence electrons. The molecule has 22 nitrogen and oxygen atoms in total. The van der Waals surface area contributed by atoms with Gasteiger partial charge in [0.2, 0.25) is 12.6 Å². The molecule has 12 N–H and O–H groups in total. The highest BCUT2D eigenvalue weighted by atomic mass is 32.3. The Labute approximate surface area is 414 Å². The molecule has 0 amide bonds. The van der Waals surface area contributed by atoms with Crippen LogP contribution in [0.25, 0.3) is 0 Å². The highest BCUT2D eigenvalue weighted by Crippen LogP contribution is 2.76. The summed E-state index contributed by atoms with van der Waals surface area (Å²) in [4.78, 5) is 14.7. The number of hydrogen-bond acceptors (Lipinski definition) is 22. The van der Waals surface area contributed by atoms with E-state index in [1.807, 2.05) is 13.8 Å². The van der Waals surface area contributed by atoms with Crippen molar-refractivity contribution in [3.63, 3.8) is 0 Å². The van der Waals surface area contributed by atoms with Gasteiger partial charge in [-0.05, 0) is 103 Å². The Bertz CT molecular complexity index is 2090. The Balaban J connectivity index is 1.04. The lowest BCUT2D eigenvalue weighted by atomic mass is 9.33. The third kappa shape index (κ3) is 8.98. The number of carbonyl (C=O) groups excluding carboxylic acids is 1. The maximum Gasteiger partial charge on any atom is 0.403 e. The first kappa shape index (κ1) is 55.7. The number of hydrogen-bond donors (Lipinski definition) is 12. The van der Waals surface area contributed by atoms with Gasteiger partial charge in [-0.25, -0.2) is 8.37 Å². The SMILES string of the molecule is CC1(C)CCC2(C(=O)O[C@@H]3O[C@H](CO)[C@@H](O)[C@H](O)[C@H]3O)C(O)CC3(C)C(=CCC4C5(C)CCC(O[C@@H]6O[C@H](CO)[C@@H](O)[C@@H](O)[C@H]6OS(=O)(=O)O[C@@H]6O[C@H](CO)[C@@H](O)[C@@H](O)[C@H]6O)C(C)(C)C5CCC43C)C2C1. The van der Waals surface area contributed by atoms with Crippen molar-refractivity contribution in [2.75, 3.05) is 19.8 Å². The van der Waals surface area contributed by atoms with Gasteiger partial charge < -0.3 is 85.0 Å². The summed E-state index contributed by atoms with van der Waals surface area (Å²) in [5.41, 5.74) is -2.60. The standard InChI is InChI=1S/C48H78O22S/c1-43(2)14-15-48(42(61)68-39-36(59)33(56)30(53)23(18-49)64-39)22(16-43)21-8-9-27-45(5)12-11-29(44(3,4)26(45)10-13-46(27,6)47(21,7)17-28(48)52)67-41-38(35(58)32(55)25(20-51)66-41)69-71(62,63)70-40-37(60)34(57)31(54)24(19-50)65-40/h8,22-41,49-60H,9-20H2,1-7H3/t22?,23-,24-,25-,26?,27?,28?,29?,30-,31-,32-,33+,34-,35-,36-,37-,38-,39+,40+,41+,45?,46?,47?,48?/m1/s1. The predicted molar refractivity (Wildman–Crippen MR) is 242 cm³/mol. The van der Waals surface area contributed by atoms with Crippen LogP contribution in [0.3, 0.4) is 0 Å². The number of rotatable bonds is 11. The monoisotopic (exact) mass is 1040 g/mol. The largest absolute Gasteiger partial charge is 0.432 e. The molecule has 3 heterocycles. The average Bonchev–Trinajstić information content (AvgIpc) is 3.29. The average molecular weight is 1040 g/mol. The van der Waals surface area contributed by atoms with Crippen molar-refractivity contribution in [2.45, 2.75) is 211 Å². The van der Waals surface area contributed by atoms with E-state index in [1.54, 1.807) is 0 Å². The molecule has 71 heavy (non-hydrogen) atoms. The zero-order valence-electron chi connectivity index (χ0n) is 41.5. The first-order valence-corrected chi connectivity index (χ1v) is 26.4. The van der Waals surface area contributed by atoms with Gasteiger partial charge in [0.15, 0.2) is 12.4 Å². The Morgan fingerprint density at radius 2 is 1.18 bits per heavy atom. The maximum atomic E-state index is 14.7. The third-order valence-corrected chi connectivity index (χ3v) is 20.4. The summed E-state index contributed by atoms with van der Waals surface area (Å²) in [6.07, 6.45) is -21.7. The Morgan fingerprint density at radius 1 is 0.634 bits per heavy atom. The lowest BCUT2D eigenvalue weighted by molar-refractivity contribution is -0.327. The van der Waals surface area contributed by atoms with E-state index in [2.05, 4.69) is 40.7 Å². The molecule has 0 aromatic heterocycles. The number of ether oxygens (including phenoxy) is 5. The molecular formula is C48H78O22S. The van der Waals surface area contributed by atoms with E-state index in [4.69, 9.17) is 32.1 Å². The number of aliphatic hydroxyl groups excluding tert-OH is 12. The van der Waals surface area contributed by atoms with Crippen molar-refractivity contribution in [2.24, 2.45) is 50.2 Å². The van der Waals surface area contributed by atoms with Crippen LogP contribution in [-0.4, -0.2) is 200 Å². The molecule has 4 saturated carbocycles. The highest BCUT2D eigenvalue weighted by Gasteiger charge is 2.72. The summed E-state index contributed by atoms with van der Waals surface area (Å²) in [6.45, 7) is 12.8. The van der Waals surface area contributed by atoms with Crippen molar-refractivity contribution in [3.05, 3.63) is 11.6 Å². The van der Waals surface area contributed by atoms with Gasteiger partial charge in [0.25, 0.3) is 0 Å². The van der Waals surface area contributed by atoms with Crippen LogP contribution in [0.15, 0.2) is 11.6 Å². The van der Waals surface area contributed by atoms with Crippen LogP contribution in [0.5, 0.6) is 0 Å². The van der Waals surface area contributed by atoms with Gasteiger partial charge in [0, 0.05) is 0 Å². The minimum atomic E-state index is -5.32. The Morgan fingerprint density at radius 3 is 1.77 bits per heavy atom. The van der Waals surface area contributed by atoms with Crippen LogP contribution in [0.1, 0.15) is 106 Å². The second-order valence-corrected chi connectivity index (χ2v) is 25.2. The molecule has 24 atom stereocenters. The second-order valence-electron chi connectivity index (χ2n) is 24.0. The summed E-state index contributed by atoms with van der Waals surface area (Å²) >= 11 is 0. The fourth-order valence-electron chi connectivity index (χ4n) is 15.2. The maximum absolute atomic E-state index is 14.7. The minimum Gasteiger partial charge on any atom is -0.432 e. The van der Waals surface area contributed by atoms with Gasteiger partial charge in [-0.2, -0.15) is 8.42 Å². The number of allylic oxidation sites excluding steroid dienone is 2. The minimum absolute atomic E-state index is 0.0227. The van der Waals surface area contributed by atoms with Gasteiger partial charge in [-0.3, -0.25) is 4.79 Å². The molecule has 5 aliphatic carbocycles. The number of esters is 1. The van der Waals surface area contributed by atoms with E-state index in [1.165, 1.54) is 0 Å². The van der Waals surface area contributed by atoms with Gasteiger partial charge in [-0.1, -0.05) is 60.1 Å². The van der Waals surface area contributed by atoms with Gasteiger partial charge >= 0.3 is 16.4 Å². The van der Waals surface area contributed by atoms with E-state index in [-0.39, 0.29) is 35.5 Å². The van der Waals surface area contributed by atoms with E-state index in [0.717, 1.165) is 5.57 Å². The van der Waals surface area contributed by atoms with E-state index < -0.39 is 168 Å². The zero-order valence-corrected chi connectivity index (χ0v) is 42.3. The molecule has 8 aliphatic rings. The smallest absolute Gasteiger partial charge is 0.403 e. The fourth-order valence-corrected chi connectivity index (χ4v) is 16.1. The van der Waals surface area contributed by atoms with E-state index >= 15 is 0 Å². The molecule has 0 aromatic carbocycles. The molecule has 0 aromatic rings. The van der Waals surface area contributed by atoms with Crippen LogP contribution >= 0.6 is 0 Å². The molecule has 23 heteroatoms. The van der Waals surface area contributed by atoms with Crippen molar-refractivity contribution in [3.8, 4) is 0 Å².